The van der Waals surface area contributed by atoms with Crippen molar-refractivity contribution in [3.8, 4) is 0 Å². The largest absolute Gasteiger partial charge is 0.405 e. The average Bonchev–Trinajstić information content (AvgIpc) is 2.23. The molecule has 1 aromatic rings. The number of benzene rings is 1. The normalized spacial score (nSPS) is 11.7. The van der Waals surface area contributed by atoms with Crippen molar-refractivity contribution in [3.63, 3.8) is 0 Å². The summed E-state index contributed by atoms with van der Waals surface area (Å²) in [5.74, 6) is 0. The molecule has 0 spiro atoms. The van der Waals surface area contributed by atoms with E-state index in [1.807, 2.05) is 0 Å². The Kier molecular flexibility index (Phi) is 5.20. The molecule has 0 saturated heterocycles. The second kappa shape index (κ2) is 6.09. The quantitative estimate of drug-likeness (QED) is 0.832. The van der Waals surface area contributed by atoms with E-state index in [4.69, 9.17) is 18.0 Å². The summed E-state index contributed by atoms with van der Waals surface area (Å²) < 4.78 is 38.6. The van der Waals surface area contributed by atoms with E-state index in [1.165, 1.54) is 4.90 Å². The van der Waals surface area contributed by atoms with Crippen molar-refractivity contribution >= 4 is 38.8 Å². The molecule has 1 aromatic carbocycles. The van der Waals surface area contributed by atoms with Gasteiger partial charge in [-0.3, -0.25) is 0 Å². The molecule has 0 amide bonds. The van der Waals surface area contributed by atoms with Crippen LogP contribution in [0.5, 0.6) is 0 Å². The third-order valence-corrected chi connectivity index (χ3v) is 3.39. The van der Waals surface area contributed by atoms with Crippen molar-refractivity contribution < 1.29 is 13.2 Å². The van der Waals surface area contributed by atoms with Crippen molar-refractivity contribution in [2.24, 2.45) is 5.73 Å². The van der Waals surface area contributed by atoms with Crippen LogP contribution in [0.1, 0.15) is 19.4 Å². The molecule has 0 heterocycles. The standard InChI is InChI=1S/C12H14BrF3N2S/c1-7(2)18(6-12(14,15)16)9-5-3-4-8(13)10(9)11(17)19/h3-5,7H,6H2,1-2H3,(H2,17,19). The molecule has 0 radical (unpaired) electrons. The van der Waals surface area contributed by atoms with Crippen LogP contribution in [-0.4, -0.2) is 23.8 Å². The summed E-state index contributed by atoms with van der Waals surface area (Å²) in [4.78, 5) is 1.30. The van der Waals surface area contributed by atoms with Crippen molar-refractivity contribution in [3.05, 3.63) is 28.2 Å². The maximum atomic E-state index is 12.7. The Balaban J connectivity index is 3.31. The van der Waals surface area contributed by atoms with E-state index in [-0.39, 0.29) is 11.0 Å². The van der Waals surface area contributed by atoms with Gasteiger partial charge in [-0.25, -0.2) is 0 Å². The SMILES string of the molecule is CC(C)N(CC(F)(F)F)c1cccc(Br)c1C(N)=S. The second-order valence-corrected chi connectivity index (χ2v) is 5.63. The molecule has 0 bridgehead atoms. The molecule has 106 valence electrons. The van der Waals surface area contributed by atoms with Gasteiger partial charge in [-0.2, -0.15) is 13.2 Å². The van der Waals surface area contributed by atoms with Crippen LogP contribution in [-0.2, 0) is 0 Å². The molecule has 0 unspecified atom stereocenters. The molecule has 0 atom stereocenters. The van der Waals surface area contributed by atoms with E-state index in [0.29, 0.717) is 15.7 Å². The first-order valence-corrected chi connectivity index (χ1v) is 6.75. The van der Waals surface area contributed by atoms with Gasteiger partial charge < -0.3 is 10.6 Å². The number of anilines is 1. The second-order valence-electron chi connectivity index (χ2n) is 4.34. The van der Waals surface area contributed by atoms with Gasteiger partial charge in [-0.1, -0.05) is 18.3 Å². The van der Waals surface area contributed by atoms with Gasteiger partial charge >= 0.3 is 6.18 Å². The number of nitrogens with two attached hydrogens (primary N) is 1. The van der Waals surface area contributed by atoms with Gasteiger partial charge in [-0.05, 0) is 41.9 Å². The van der Waals surface area contributed by atoms with Crippen LogP contribution < -0.4 is 10.6 Å². The lowest BCUT2D eigenvalue weighted by Gasteiger charge is -2.31. The summed E-state index contributed by atoms with van der Waals surface area (Å²) in [6.45, 7) is 2.34. The van der Waals surface area contributed by atoms with E-state index in [1.54, 1.807) is 32.0 Å². The fraction of sp³-hybridized carbons (Fsp3) is 0.417. The molecule has 0 aliphatic heterocycles. The van der Waals surface area contributed by atoms with Gasteiger partial charge in [0.1, 0.15) is 11.5 Å². The fourth-order valence-electron chi connectivity index (χ4n) is 1.74. The third kappa shape index (κ3) is 4.35. The first-order valence-electron chi connectivity index (χ1n) is 5.55. The first kappa shape index (κ1) is 16.2. The molecule has 7 heteroatoms. The van der Waals surface area contributed by atoms with Gasteiger partial charge in [-0.15, -0.1) is 0 Å². The van der Waals surface area contributed by atoms with E-state index in [2.05, 4.69) is 15.9 Å². The number of nitrogens with zero attached hydrogens (tertiary/aromatic N) is 1. The maximum absolute atomic E-state index is 12.7. The molecule has 0 aromatic heterocycles. The highest BCUT2D eigenvalue weighted by atomic mass is 79.9. The topological polar surface area (TPSA) is 29.3 Å². The number of hydrogen-bond donors (Lipinski definition) is 1. The van der Waals surface area contributed by atoms with E-state index >= 15 is 0 Å². The highest BCUT2D eigenvalue weighted by molar-refractivity contribution is 9.10. The highest BCUT2D eigenvalue weighted by Gasteiger charge is 2.33. The van der Waals surface area contributed by atoms with Crippen molar-refractivity contribution in [1.82, 2.24) is 0 Å². The predicted molar refractivity (Wildman–Crippen MR) is 78.6 cm³/mol. The minimum atomic E-state index is -4.29. The van der Waals surface area contributed by atoms with Crippen LogP contribution in [0.4, 0.5) is 18.9 Å². The highest BCUT2D eigenvalue weighted by Crippen LogP contribution is 2.31. The van der Waals surface area contributed by atoms with E-state index in [0.717, 1.165) is 0 Å². The Hall–Kier alpha value is -0.820. The van der Waals surface area contributed by atoms with Crippen LogP contribution in [0.25, 0.3) is 0 Å². The van der Waals surface area contributed by atoms with Crippen LogP contribution in [0, 0.1) is 0 Å². The Morgan fingerprint density at radius 3 is 2.42 bits per heavy atom. The third-order valence-electron chi connectivity index (χ3n) is 2.52. The van der Waals surface area contributed by atoms with Crippen molar-refractivity contribution in [2.45, 2.75) is 26.1 Å². The zero-order valence-electron chi connectivity index (χ0n) is 10.5. The molecule has 19 heavy (non-hydrogen) atoms. The van der Waals surface area contributed by atoms with Gasteiger partial charge in [0.2, 0.25) is 0 Å². The number of halogens is 4. The van der Waals surface area contributed by atoms with Crippen LogP contribution in [0.15, 0.2) is 22.7 Å². The lowest BCUT2D eigenvalue weighted by Crippen LogP contribution is -2.40. The smallest absolute Gasteiger partial charge is 0.389 e. The molecular weight excluding hydrogens is 341 g/mol. The molecule has 0 aliphatic rings. The summed E-state index contributed by atoms with van der Waals surface area (Å²) in [7, 11) is 0. The Morgan fingerprint density at radius 1 is 1.42 bits per heavy atom. The molecule has 2 nitrogen and oxygen atoms in total. The Morgan fingerprint density at radius 2 is 2.00 bits per heavy atom. The first-order chi connectivity index (χ1) is 8.63. The van der Waals surface area contributed by atoms with Gasteiger partial charge in [0.15, 0.2) is 0 Å². The maximum Gasteiger partial charge on any atom is 0.405 e. The fourth-order valence-corrected chi connectivity index (χ4v) is 2.65. The monoisotopic (exact) mass is 354 g/mol. The zero-order valence-corrected chi connectivity index (χ0v) is 12.9. The minimum absolute atomic E-state index is 0.0651. The number of hydrogen-bond acceptors (Lipinski definition) is 2. The Labute approximate surface area is 123 Å². The van der Waals surface area contributed by atoms with Gasteiger partial charge in [0.25, 0.3) is 0 Å². The molecule has 0 saturated carbocycles. The van der Waals surface area contributed by atoms with Crippen LogP contribution in [0.2, 0.25) is 0 Å². The van der Waals surface area contributed by atoms with Crippen molar-refractivity contribution in [2.75, 3.05) is 11.4 Å². The molecule has 2 N–H and O–H groups in total. The summed E-state index contributed by atoms with van der Waals surface area (Å²) in [5.41, 5.74) is 6.42. The van der Waals surface area contributed by atoms with Gasteiger partial charge in [0.05, 0.1) is 0 Å². The predicted octanol–water partition coefficient (Wildman–Crippen LogP) is 3.86. The lowest BCUT2D eigenvalue weighted by molar-refractivity contribution is -0.120. The summed E-state index contributed by atoms with van der Waals surface area (Å²) in [6, 6.07) is 4.62. The van der Waals surface area contributed by atoms with Crippen LogP contribution in [0.3, 0.4) is 0 Å². The zero-order chi connectivity index (χ0) is 14.8. The minimum Gasteiger partial charge on any atom is -0.389 e. The Bertz CT molecular complexity index is 475. The van der Waals surface area contributed by atoms with E-state index in [9.17, 15) is 13.2 Å². The molecule has 1 rings (SSSR count). The number of alkyl halides is 3. The van der Waals surface area contributed by atoms with Gasteiger partial charge in [0, 0.05) is 21.8 Å². The van der Waals surface area contributed by atoms with E-state index < -0.39 is 12.7 Å². The lowest BCUT2D eigenvalue weighted by atomic mass is 10.1. The number of thiocarbonyl (C=S) groups is 1. The van der Waals surface area contributed by atoms with Crippen LogP contribution >= 0.6 is 28.1 Å². The summed E-state index contributed by atoms with van der Waals surface area (Å²) in [6.07, 6.45) is -4.29. The summed E-state index contributed by atoms with van der Waals surface area (Å²) >= 11 is 8.19. The molecule has 0 aliphatic carbocycles. The average molecular weight is 355 g/mol. The molecule has 0 fully saturated rings. The number of rotatable bonds is 4. The molecular formula is C12H14BrF3N2S. The summed E-state index contributed by atoms with van der Waals surface area (Å²) in [5, 5.41) is 0. The van der Waals surface area contributed by atoms with Crippen molar-refractivity contribution in [1.29, 1.82) is 0 Å².